The lowest BCUT2D eigenvalue weighted by Gasteiger charge is -2.36. The van der Waals surface area contributed by atoms with Gasteiger partial charge in [0, 0.05) is 0 Å². The number of nitrogens with two attached hydrogens (primary N) is 1. The van der Waals surface area contributed by atoms with Crippen molar-refractivity contribution < 1.29 is 14.0 Å². The fourth-order valence-corrected chi connectivity index (χ4v) is 2.49. The summed E-state index contributed by atoms with van der Waals surface area (Å²) in [6.07, 6.45) is 0. The van der Waals surface area contributed by atoms with Crippen molar-refractivity contribution in [1.29, 1.82) is 0 Å². The van der Waals surface area contributed by atoms with E-state index in [1.807, 2.05) is 24.3 Å². The zero-order valence-electron chi connectivity index (χ0n) is 13.2. The van der Waals surface area contributed by atoms with E-state index < -0.39 is 20.3 Å². The molecule has 0 aromatic heterocycles. The van der Waals surface area contributed by atoms with Crippen molar-refractivity contribution in [2.24, 2.45) is 5.73 Å². The Hall–Kier alpha value is -1.33. The minimum absolute atomic E-state index is 0.147. The summed E-state index contributed by atoms with van der Waals surface area (Å²) in [5, 5.41) is 0.147. The van der Waals surface area contributed by atoms with Gasteiger partial charge in [-0.05, 0) is 35.8 Å². The number of carbonyl (C=O) groups excluding carboxylic acids is 1. The third-order valence-electron chi connectivity index (χ3n) is 3.87. The van der Waals surface area contributed by atoms with E-state index in [1.165, 1.54) is 7.11 Å². The van der Waals surface area contributed by atoms with Crippen molar-refractivity contribution in [1.82, 2.24) is 0 Å². The van der Waals surface area contributed by atoms with Gasteiger partial charge in [-0.2, -0.15) is 0 Å². The van der Waals surface area contributed by atoms with Crippen LogP contribution >= 0.6 is 0 Å². The van der Waals surface area contributed by atoms with E-state index in [2.05, 4.69) is 38.6 Å². The van der Waals surface area contributed by atoms with Gasteiger partial charge >= 0.3 is 5.97 Å². The first-order chi connectivity index (χ1) is 9.08. The number of ether oxygens (including phenoxy) is 1. The highest BCUT2D eigenvalue weighted by atomic mass is 28.4. The summed E-state index contributed by atoms with van der Waals surface area (Å²) in [7, 11) is -0.511. The van der Waals surface area contributed by atoms with Gasteiger partial charge in [-0.25, -0.2) is 0 Å². The monoisotopic (exact) mass is 295 g/mol. The number of hydrogen-bond acceptors (Lipinski definition) is 4. The molecule has 0 unspecified atom stereocenters. The summed E-state index contributed by atoms with van der Waals surface area (Å²) in [4.78, 5) is 11.4. The Balaban J connectivity index is 2.85. The summed E-state index contributed by atoms with van der Waals surface area (Å²) in [6, 6.07) is 6.59. The maximum absolute atomic E-state index is 11.4. The lowest BCUT2D eigenvalue weighted by Crippen LogP contribution is -2.43. The van der Waals surface area contributed by atoms with Crippen LogP contribution in [0.15, 0.2) is 24.3 Å². The molecule has 0 aliphatic carbocycles. The SMILES string of the molecule is COC(=O)[C@H](N)c1ccc(O[Si](C)(C)C(C)(C)C)cc1. The number of benzene rings is 1. The molecule has 0 amide bonds. The second kappa shape index (κ2) is 5.97. The molecule has 0 spiro atoms. The molecule has 1 rings (SSSR count). The molecule has 1 atom stereocenters. The Labute approximate surface area is 122 Å². The third kappa shape index (κ3) is 3.83. The van der Waals surface area contributed by atoms with Crippen LogP contribution in [-0.2, 0) is 9.53 Å². The molecular weight excluding hydrogens is 270 g/mol. The van der Waals surface area contributed by atoms with Gasteiger partial charge in [-0.3, -0.25) is 4.79 Å². The molecule has 1 aromatic carbocycles. The Morgan fingerprint density at radius 3 is 2.10 bits per heavy atom. The molecule has 0 heterocycles. The molecule has 4 nitrogen and oxygen atoms in total. The van der Waals surface area contributed by atoms with E-state index in [9.17, 15) is 4.79 Å². The van der Waals surface area contributed by atoms with Crippen LogP contribution in [0.25, 0.3) is 0 Å². The molecule has 0 bridgehead atoms. The molecule has 0 aliphatic heterocycles. The van der Waals surface area contributed by atoms with E-state index in [4.69, 9.17) is 10.2 Å². The van der Waals surface area contributed by atoms with Gasteiger partial charge in [-0.1, -0.05) is 32.9 Å². The Bertz CT molecular complexity index is 463. The Kier molecular flexibility index (Phi) is 4.99. The molecule has 0 saturated carbocycles. The summed E-state index contributed by atoms with van der Waals surface area (Å²) in [5.41, 5.74) is 6.51. The summed E-state index contributed by atoms with van der Waals surface area (Å²) in [6.45, 7) is 11.0. The van der Waals surface area contributed by atoms with Crippen LogP contribution < -0.4 is 10.2 Å². The van der Waals surface area contributed by atoms with E-state index in [0.717, 1.165) is 11.3 Å². The molecule has 0 aliphatic rings. The second-order valence-electron chi connectivity index (χ2n) is 6.43. The minimum atomic E-state index is -1.84. The topological polar surface area (TPSA) is 61.5 Å². The highest BCUT2D eigenvalue weighted by Crippen LogP contribution is 2.37. The van der Waals surface area contributed by atoms with Crippen LogP contribution in [0.1, 0.15) is 32.4 Å². The standard InChI is InChI=1S/C15H25NO3Si/c1-15(2,3)20(5,6)19-12-9-7-11(8-10-12)13(16)14(17)18-4/h7-10,13H,16H2,1-6H3/t13-/m1/s1. The number of esters is 1. The third-order valence-corrected chi connectivity index (χ3v) is 8.23. The van der Waals surface area contributed by atoms with Crippen molar-refractivity contribution >= 4 is 14.3 Å². The molecule has 0 fully saturated rings. The van der Waals surface area contributed by atoms with Crippen LogP contribution in [0.3, 0.4) is 0 Å². The highest BCUT2D eigenvalue weighted by Gasteiger charge is 2.38. The maximum atomic E-state index is 11.4. The Morgan fingerprint density at radius 2 is 1.70 bits per heavy atom. The van der Waals surface area contributed by atoms with Crippen LogP contribution in [-0.4, -0.2) is 21.4 Å². The average Bonchev–Trinajstić information content (AvgIpc) is 2.36. The first-order valence-corrected chi connectivity index (χ1v) is 9.62. The maximum Gasteiger partial charge on any atom is 0.327 e. The second-order valence-corrected chi connectivity index (χ2v) is 11.2. The normalized spacial score (nSPS) is 13.8. The molecule has 5 heteroatoms. The van der Waals surface area contributed by atoms with E-state index in [-0.39, 0.29) is 5.04 Å². The predicted molar refractivity (Wildman–Crippen MR) is 83.2 cm³/mol. The van der Waals surface area contributed by atoms with Crippen molar-refractivity contribution in [3.63, 3.8) is 0 Å². The van der Waals surface area contributed by atoms with E-state index in [0.29, 0.717) is 0 Å². The van der Waals surface area contributed by atoms with Crippen LogP contribution in [0.2, 0.25) is 18.1 Å². The molecule has 0 saturated heterocycles. The molecule has 112 valence electrons. The zero-order valence-corrected chi connectivity index (χ0v) is 14.2. The van der Waals surface area contributed by atoms with Gasteiger partial charge in [0.05, 0.1) is 7.11 Å². The van der Waals surface area contributed by atoms with Crippen molar-refractivity contribution in [2.75, 3.05) is 7.11 Å². The molecular formula is C15H25NO3Si. The lowest BCUT2D eigenvalue weighted by molar-refractivity contribution is -0.142. The van der Waals surface area contributed by atoms with Crippen LogP contribution in [0, 0.1) is 0 Å². The summed E-state index contributed by atoms with van der Waals surface area (Å²) >= 11 is 0. The quantitative estimate of drug-likeness (QED) is 0.684. The summed E-state index contributed by atoms with van der Waals surface area (Å²) < 4.78 is 10.8. The predicted octanol–water partition coefficient (Wildman–Crippen LogP) is 3.24. The van der Waals surface area contributed by atoms with Gasteiger partial charge in [0.25, 0.3) is 0 Å². The lowest BCUT2D eigenvalue weighted by atomic mass is 10.1. The summed E-state index contributed by atoms with van der Waals surface area (Å²) in [5.74, 6) is 0.375. The average molecular weight is 295 g/mol. The number of rotatable bonds is 4. The smallest absolute Gasteiger partial charge is 0.327 e. The first-order valence-electron chi connectivity index (χ1n) is 6.71. The first kappa shape index (κ1) is 16.7. The zero-order chi connectivity index (χ0) is 15.6. The van der Waals surface area contributed by atoms with Crippen molar-refractivity contribution in [2.45, 2.75) is 44.9 Å². The van der Waals surface area contributed by atoms with Gasteiger partial charge in [-0.15, -0.1) is 0 Å². The van der Waals surface area contributed by atoms with E-state index in [1.54, 1.807) is 0 Å². The van der Waals surface area contributed by atoms with Gasteiger partial charge in [0.15, 0.2) is 0 Å². The van der Waals surface area contributed by atoms with Crippen LogP contribution in [0.4, 0.5) is 0 Å². The number of carbonyl (C=O) groups is 1. The largest absolute Gasteiger partial charge is 0.544 e. The van der Waals surface area contributed by atoms with Crippen LogP contribution in [0.5, 0.6) is 5.75 Å². The van der Waals surface area contributed by atoms with E-state index >= 15 is 0 Å². The van der Waals surface area contributed by atoms with Gasteiger partial charge in [0.1, 0.15) is 11.8 Å². The number of methoxy groups -OCH3 is 1. The van der Waals surface area contributed by atoms with Crippen molar-refractivity contribution in [3.8, 4) is 5.75 Å². The number of hydrogen-bond donors (Lipinski definition) is 1. The fourth-order valence-electron chi connectivity index (χ4n) is 1.45. The van der Waals surface area contributed by atoms with Gasteiger partial charge in [0.2, 0.25) is 8.32 Å². The highest BCUT2D eigenvalue weighted by molar-refractivity contribution is 6.74. The fraction of sp³-hybridized carbons (Fsp3) is 0.533. The van der Waals surface area contributed by atoms with Gasteiger partial charge < -0.3 is 14.9 Å². The molecule has 0 radical (unpaired) electrons. The minimum Gasteiger partial charge on any atom is -0.544 e. The molecule has 20 heavy (non-hydrogen) atoms. The van der Waals surface area contributed by atoms with Crippen molar-refractivity contribution in [3.05, 3.63) is 29.8 Å². The molecule has 2 N–H and O–H groups in total. The molecule has 1 aromatic rings. The Morgan fingerprint density at radius 1 is 1.20 bits per heavy atom.